The van der Waals surface area contributed by atoms with Gasteiger partial charge in [0.05, 0.1) is 0 Å². The molecule has 9 nitrogen and oxygen atoms in total. The van der Waals surface area contributed by atoms with Crippen LogP contribution in [0.1, 0.15) is 54.4 Å². The number of aliphatic carboxylic acids is 3. The molecule has 0 saturated carbocycles. The summed E-state index contributed by atoms with van der Waals surface area (Å²) in [5, 5.41) is 29.6. The number of rotatable bonds is 13. The van der Waals surface area contributed by atoms with E-state index in [2.05, 4.69) is 10.9 Å². The minimum Gasteiger partial charge on any atom is -0.480 e. The first kappa shape index (κ1) is 24.3. The van der Waals surface area contributed by atoms with E-state index in [1.54, 1.807) is 20.8 Å². The molecule has 0 fully saturated rings. The van der Waals surface area contributed by atoms with E-state index in [0.717, 1.165) is 5.12 Å². The first-order chi connectivity index (χ1) is 11.9. The summed E-state index contributed by atoms with van der Waals surface area (Å²) in [6.45, 7) is 10.6. The summed E-state index contributed by atoms with van der Waals surface area (Å²) in [5.41, 5.74) is 5.39. The van der Waals surface area contributed by atoms with Crippen LogP contribution in [-0.2, 0) is 14.4 Å². The van der Waals surface area contributed by atoms with Gasteiger partial charge in [-0.05, 0) is 24.2 Å². The van der Waals surface area contributed by atoms with Gasteiger partial charge < -0.3 is 15.3 Å². The number of nitrogens with zero attached hydrogens (tertiary/aromatic N) is 1. The topological polar surface area (TPSA) is 139 Å². The van der Waals surface area contributed by atoms with Crippen molar-refractivity contribution < 1.29 is 29.7 Å². The highest BCUT2D eigenvalue weighted by Crippen LogP contribution is 2.15. The lowest BCUT2D eigenvalue weighted by molar-refractivity contribution is -0.158. The number of hydrogen-bond acceptors (Lipinski definition) is 6. The van der Waals surface area contributed by atoms with Crippen molar-refractivity contribution in [2.45, 2.75) is 72.5 Å². The van der Waals surface area contributed by atoms with E-state index >= 15 is 0 Å². The average Bonchev–Trinajstić information content (AvgIpc) is 2.50. The van der Waals surface area contributed by atoms with E-state index in [-0.39, 0.29) is 24.2 Å². The van der Waals surface area contributed by atoms with E-state index in [9.17, 15) is 29.7 Å². The molecule has 0 heterocycles. The van der Waals surface area contributed by atoms with Gasteiger partial charge in [-0.3, -0.25) is 14.4 Å². The molecule has 9 heteroatoms. The fourth-order valence-electron chi connectivity index (χ4n) is 2.43. The Kier molecular flexibility index (Phi) is 10.4. The maximum Gasteiger partial charge on any atom is 0.323 e. The minimum atomic E-state index is -1.17. The lowest BCUT2D eigenvalue weighted by atomic mass is 9.99. The molecule has 0 amide bonds. The monoisotopic (exact) mass is 375 g/mol. The lowest BCUT2D eigenvalue weighted by Crippen LogP contribution is -2.66. The average molecular weight is 375 g/mol. The van der Waals surface area contributed by atoms with Crippen LogP contribution in [0.4, 0.5) is 0 Å². The molecule has 0 aliphatic carbocycles. The Hall–Kier alpha value is -1.71. The quantitative estimate of drug-likeness (QED) is 0.302. The second kappa shape index (κ2) is 11.1. The normalized spacial score (nSPS) is 16.5. The second-order valence-corrected chi connectivity index (χ2v) is 7.37. The Bertz CT molecular complexity index is 483. The molecule has 0 saturated heterocycles. The zero-order valence-electron chi connectivity index (χ0n) is 16.4. The molecule has 26 heavy (non-hydrogen) atoms. The van der Waals surface area contributed by atoms with Gasteiger partial charge in [-0.25, -0.2) is 10.9 Å². The van der Waals surface area contributed by atoms with Crippen LogP contribution in [0.15, 0.2) is 0 Å². The third kappa shape index (κ3) is 7.67. The van der Waals surface area contributed by atoms with Gasteiger partial charge in [0, 0.05) is 0 Å². The molecule has 4 unspecified atom stereocenters. The van der Waals surface area contributed by atoms with Gasteiger partial charge in [-0.2, -0.15) is 5.12 Å². The summed E-state index contributed by atoms with van der Waals surface area (Å²) in [6, 6.07) is -3.24. The molecule has 0 aliphatic rings. The van der Waals surface area contributed by atoms with Crippen LogP contribution < -0.4 is 10.9 Å². The summed E-state index contributed by atoms with van der Waals surface area (Å²) in [6.07, 6.45) is 0.777. The summed E-state index contributed by atoms with van der Waals surface area (Å²) in [5.74, 6) is -4.05. The molecule has 0 aromatic heterocycles. The van der Waals surface area contributed by atoms with Crippen LogP contribution in [0.5, 0.6) is 0 Å². The predicted octanol–water partition coefficient (Wildman–Crippen LogP) is 1.41. The van der Waals surface area contributed by atoms with Crippen molar-refractivity contribution in [2.75, 3.05) is 0 Å². The van der Waals surface area contributed by atoms with Crippen LogP contribution in [0.3, 0.4) is 0 Å². The Balaban J connectivity index is 5.78. The number of hydrazine groups is 2. The van der Waals surface area contributed by atoms with Crippen molar-refractivity contribution in [3.63, 3.8) is 0 Å². The van der Waals surface area contributed by atoms with E-state index in [1.165, 1.54) is 0 Å². The fraction of sp³-hybridized carbons (Fsp3) is 0.824. The van der Waals surface area contributed by atoms with Crippen LogP contribution in [-0.4, -0.2) is 56.5 Å². The van der Waals surface area contributed by atoms with E-state index < -0.39 is 36.0 Å². The molecular weight excluding hydrogens is 342 g/mol. The molecule has 0 aromatic rings. The van der Waals surface area contributed by atoms with Gasteiger partial charge >= 0.3 is 17.9 Å². The summed E-state index contributed by atoms with van der Waals surface area (Å²) < 4.78 is 0. The van der Waals surface area contributed by atoms with Crippen molar-refractivity contribution in [3.05, 3.63) is 0 Å². The maximum absolute atomic E-state index is 11.8. The van der Waals surface area contributed by atoms with Crippen molar-refractivity contribution in [1.82, 2.24) is 16.0 Å². The molecule has 0 radical (unpaired) electrons. The largest absolute Gasteiger partial charge is 0.480 e. The van der Waals surface area contributed by atoms with Crippen molar-refractivity contribution >= 4 is 17.9 Å². The van der Waals surface area contributed by atoms with E-state index in [0.29, 0.717) is 6.42 Å². The zero-order chi connectivity index (χ0) is 20.6. The predicted molar refractivity (Wildman–Crippen MR) is 96.1 cm³/mol. The molecule has 0 bridgehead atoms. The van der Waals surface area contributed by atoms with E-state index in [1.807, 2.05) is 20.8 Å². The van der Waals surface area contributed by atoms with Gasteiger partial charge in [0.2, 0.25) is 0 Å². The van der Waals surface area contributed by atoms with Crippen molar-refractivity contribution in [2.24, 2.45) is 17.8 Å². The number of nitrogens with one attached hydrogen (secondary N) is 2. The Morgan fingerprint density at radius 1 is 0.846 bits per heavy atom. The highest BCUT2D eigenvalue weighted by Gasteiger charge is 2.35. The standard InChI is InChI=1S/C17H33N3O6/c1-7-11(6)14(17(25)26)19-20(12(15(21)22)8-9(2)3)18-13(10(4)5)16(23)24/h9-14,18-19H,7-8H2,1-6H3,(H,21,22)(H,23,24)(H,25,26). The SMILES string of the molecule is CCC(C)C(NN(NC(C(=O)O)C(C)C)C(CC(C)C)C(=O)O)C(=O)O. The molecule has 4 atom stereocenters. The molecule has 152 valence electrons. The minimum absolute atomic E-state index is 0.0106. The molecule has 0 aliphatic heterocycles. The van der Waals surface area contributed by atoms with Crippen molar-refractivity contribution in [3.8, 4) is 0 Å². The van der Waals surface area contributed by atoms with Gasteiger partial charge in [0.1, 0.15) is 18.1 Å². The highest BCUT2D eigenvalue weighted by atomic mass is 16.4. The summed E-state index contributed by atoms with van der Waals surface area (Å²) in [7, 11) is 0. The highest BCUT2D eigenvalue weighted by molar-refractivity contribution is 5.76. The first-order valence-corrected chi connectivity index (χ1v) is 8.92. The molecule has 0 spiro atoms. The van der Waals surface area contributed by atoms with Crippen molar-refractivity contribution in [1.29, 1.82) is 0 Å². The number of carbonyl (C=O) groups is 3. The maximum atomic E-state index is 11.8. The van der Waals surface area contributed by atoms with Crippen LogP contribution >= 0.6 is 0 Å². The molecule has 0 rings (SSSR count). The second-order valence-electron chi connectivity index (χ2n) is 7.37. The Morgan fingerprint density at radius 3 is 1.62 bits per heavy atom. The lowest BCUT2D eigenvalue weighted by Gasteiger charge is -2.37. The van der Waals surface area contributed by atoms with Gasteiger partial charge in [-0.15, -0.1) is 0 Å². The number of carboxylic acid groups (broad SMARTS) is 3. The Labute approximate surface area is 154 Å². The molecule has 0 aromatic carbocycles. The fourth-order valence-corrected chi connectivity index (χ4v) is 2.43. The molecule has 5 N–H and O–H groups in total. The number of hydrogen-bond donors (Lipinski definition) is 5. The number of carboxylic acids is 3. The van der Waals surface area contributed by atoms with Gasteiger partial charge in [-0.1, -0.05) is 48.0 Å². The summed E-state index contributed by atoms with van der Waals surface area (Å²) in [4.78, 5) is 34.9. The zero-order valence-corrected chi connectivity index (χ0v) is 16.4. The molecular formula is C17H33N3O6. The van der Waals surface area contributed by atoms with Gasteiger partial charge in [0.25, 0.3) is 0 Å². The third-order valence-electron chi connectivity index (χ3n) is 4.26. The van der Waals surface area contributed by atoms with Crippen LogP contribution in [0.2, 0.25) is 0 Å². The van der Waals surface area contributed by atoms with Crippen LogP contribution in [0, 0.1) is 17.8 Å². The first-order valence-electron chi connectivity index (χ1n) is 8.92. The van der Waals surface area contributed by atoms with E-state index in [4.69, 9.17) is 0 Å². The van der Waals surface area contributed by atoms with Gasteiger partial charge in [0.15, 0.2) is 0 Å². The Morgan fingerprint density at radius 2 is 1.31 bits per heavy atom. The smallest absolute Gasteiger partial charge is 0.323 e. The summed E-state index contributed by atoms with van der Waals surface area (Å²) >= 11 is 0. The third-order valence-corrected chi connectivity index (χ3v) is 4.26. The van der Waals surface area contributed by atoms with Crippen LogP contribution in [0.25, 0.3) is 0 Å².